The summed E-state index contributed by atoms with van der Waals surface area (Å²) in [6, 6.07) is 14.2. The predicted molar refractivity (Wildman–Crippen MR) is 114 cm³/mol. The number of carbonyl (C=O) groups excluding carboxylic acids is 1. The van der Waals surface area contributed by atoms with Crippen molar-refractivity contribution >= 4 is 27.3 Å². The monoisotopic (exact) mass is 417 g/mol. The Bertz CT molecular complexity index is 921. The summed E-state index contributed by atoms with van der Waals surface area (Å²) in [7, 11) is -3.72. The van der Waals surface area contributed by atoms with Crippen molar-refractivity contribution in [3.63, 3.8) is 0 Å². The molecular formula is C21H27N3O4S. The summed E-state index contributed by atoms with van der Waals surface area (Å²) in [4.78, 5) is 14.9. The lowest BCUT2D eigenvalue weighted by Gasteiger charge is -2.29. The summed E-state index contributed by atoms with van der Waals surface area (Å²) in [6.07, 6.45) is 0. The number of likely N-dealkylation sites (N-methyl/N-ethyl adjacent to an activating group) is 1. The molecule has 0 aromatic heterocycles. The zero-order valence-corrected chi connectivity index (χ0v) is 17.6. The number of hydrogen-bond acceptors (Lipinski definition) is 5. The van der Waals surface area contributed by atoms with Crippen LogP contribution in [0.5, 0.6) is 0 Å². The molecule has 7 nitrogen and oxygen atoms in total. The number of hydrogen-bond donors (Lipinski definition) is 1. The molecule has 1 fully saturated rings. The second kappa shape index (κ2) is 9.39. The fourth-order valence-corrected chi connectivity index (χ4v) is 4.57. The van der Waals surface area contributed by atoms with Crippen LogP contribution < -0.4 is 10.2 Å². The number of rotatable bonds is 7. The van der Waals surface area contributed by atoms with Gasteiger partial charge in [0.15, 0.2) is 0 Å². The molecule has 0 bridgehead atoms. The van der Waals surface area contributed by atoms with Crippen LogP contribution in [0.1, 0.15) is 12.5 Å². The van der Waals surface area contributed by atoms with Gasteiger partial charge >= 0.3 is 0 Å². The van der Waals surface area contributed by atoms with Crippen LogP contribution in [0.3, 0.4) is 0 Å². The minimum absolute atomic E-state index is 0.188. The van der Waals surface area contributed by atoms with Crippen molar-refractivity contribution in [3.05, 3.63) is 54.1 Å². The van der Waals surface area contributed by atoms with Crippen molar-refractivity contribution in [2.45, 2.75) is 18.7 Å². The highest BCUT2D eigenvalue weighted by atomic mass is 32.2. The van der Waals surface area contributed by atoms with E-state index in [0.717, 1.165) is 24.3 Å². The number of ether oxygens (including phenoxy) is 1. The quantitative estimate of drug-likeness (QED) is 0.749. The molecule has 0 aliphatic carbocycles. The summed E-state index contributed by atoms with van der Waals surface area (Å²) in [5, 5.41) is 2.78. The molecule has 2 aromatic rings. The van der Waals surface area contributed by atoms with Crippen molar-refractivity contribution in [3.8, 4) is 0 Å². The van der Waals surface area contributed by atoms with Gasteiger partial charge in [0, 0.05) is 31.0 Å². The number of amides is 1. The number of carbonyl (C=O) groups is 1. The van der Waals surface area contributed by atoms with Crippen molar-refractivity contribution in [1.82, 2.24) is 4.31 Å². The molecule has 0 atom stereocenters. The Kier molecular flexibility index (Phi) is 6.89. The van der Waals surface area contributed by atoms with Gasteiger partial charge in [0.25, 0.3) is 0 Å². The number of benzene rings is 2. The zero-order valence-electron chi connectivity index (χ0n) is 16.8. The summed E-state index contributed by atoms with van der Waals surface area (Å²) in [5.41, 5.74) is 2.68. The van der Waals surface area contributed by atoms with Crippen LogP contribution in [0.2, 0.25) is 0 Å². The number of nitrogens with one attached hydrogen (secondary N) is 1. The maximum atomic E-state index is 12.8. The van der Waals surface area contributed by atoms with Gasteiger partial charge < -0.3 is 15.0 Å². The third kappa shape index (κ3) is 5.35. The number of nitrogens with zero attached hydrogens (tertiary/aromatic N) is 2. The second-order valence-corrected chi connectivity index (χ2v) is 8.88. The Morgan fingerprint density at radius 2 is 1.69 bits per heavy atom. The topological polar surface area (TPSA) is 79.0 Å². The molecule has 1 N–H and O–H groups in total. The smallest absolute Gasteiger partial charge is 0.243 e. The molecule has 1 amide bonds. The van der Waals surface area contributed by atoms with Gasteiger partial charge in [-0.2, -0.15) is 4.31 Å². The Morgan fingerprint density at radius 1 is 1.07 bits per heavy atom. The lowest BCUT2D eigenvalue weighted by Crippen LogP contribution is -2.38. The van der Waals surface area contributed by atoms with Crippen molar-refractivity contribution in [1.29, 1.82) is 0 Å². The van der Waals surface area contributed by atoms with Crippen LogP contribution in [-0.2, 0) is 19.6 Å². The fraction of sp³-hybridized carbons (Fsp3) is 0.381. The van der Waals surface area contributed by atoms with Crippen LogP contribution >= 0.6 is 0 Å². The van der Waals surface area contributed by atoms with Crippen molar-refractivity contribution in [2.24, 2.45) is 0 Å². The van der Waals surface area contributed by atoms with E-state index in [-0.39, 0.29) is 23.9 Å². The van der Waals surface area contributed by atoms with Crippen LogP contribution in [0.15, 0.2) is 53.4 Å². The van der Waals surface area contributed by atoms with Gasteiger partial charge in [-0.05, 0) is 43.3 Å². The van der Waals surface area contributed by atoms with Gasteiger partial charge in [-0.3, -0.25) is 4.79 Å². The molecule has 0 unspecified atom stereocenters. The highest BCUT2D eigenvalue weighted by Crippen LogP contribution is 2.20. The van der Waals surface area contributed by atoms with Gasteiger partial charge in [-0.25, -0.2) is 8.42 Å². The van der Waals surface area contributed by atoms with Crippen LogP contribution in [0.25, 0.3) is 0 Å². The molecular weight excluding hydrogens is 390 g/mol. The van der Waals surface area contributed by atoms with E-state index in [2.05, 4.69) is 10.2 Å². The number of anilines is 2. The Balaban J connectivity index is 1.63. The van der Waals surface area contributed by atoms with Gasteiger partial charge in [-0.1, -0.05) is 24.6 Å². The molecule has 0 saturated carbocycles. The predicted octanol–water partition coefficient (Wildman–Crippen LogP) is 2.48. The molecule has 1 aliphatic heterocycles. The highest BCUT2D eigenvalue weighted by molar-refractivity contribution is 7.89. The summed E-state index contributed by atoms with van der Waals surface area (Å²) < 4.78 is 32.2. The standard InChI is InChI=1S/C21H27N3O4S/c1-3-24(29(26,27)20-10-4-17(2)5-11-20)16-21(25)22-18-6-8-19(9-7-18)23-12-14-28-15-13-23/h4-11H,3,12-16H2,1-2H3,(H,22,25). The first-order chi connectivity index (χ1) is 13.9. The van der Waals surface area contributed by atoms with E-state index < -0.39 is 10.0 Å². The largest absolute Gasteiger partial charge is 0.378 e. The SMILES string of the molecule is CCN(CC(=O)Nc1ccc(N2CCOCC2)cc1)S(=O)(=O)c1ccc(C)cc1. The fourth-order valence-electron chi connectivity index (χ4n) is 3.16. The molecule has 3 rings (SSSR count). The first kappa shape index (κ1) is 21.3. The van der Waals surface area contributed by atoms with E-state index in [1.165, 1.54) is 4.31 Å². The molecule has 0 spiro atoms. The van der Waals surface area contributed by atoms with E-state index >= 15 is 0 Å². The number of aryl methyl sites for hydroxylation is 1. The number of sulfonamides is 1. The Hall–Kier alpha value is -2.42. The minimum Gasteiger partial charge on any atom is -0.378 e. The maximum Gasteiger partial charge on any atom is 0.243 e. The van der Waals surface area contributed by atoms with E-state index in [9.17, 15) is 13.2 Å². The molecule has 1 aliphatic rings. The average molecular weight is 418 g/mol. The Labute approximate surface area is 172 Å². The van der Waals surface area contributed by atoms with E-state index in [1.807, 2.05) is 31.2 Å². The molecule has 29 heavy (non-hydrogen) atoms. The van der Waals surface area contributed by atoms with Crippen LogP contribution in [-0.4, -0.2) is 58.0 Å². The van der Waals surface area contributed by atoms with Crippen molar-refractivity contribution < 1.29 is 17.9 Å². The first-order valence-electron chi connectivity index (χ1n) is 9.69. The summed E-state index contributed by atoms with van der Waals surface area (Å²) in [5.74, 6) is -0.373. The Morgan fingerprint density at radius 3 is 2.28 bits per heavy atom. The molecule has 0 radical (unpaired) electrons. The van der Waals surface area contributed by atoms with E-state index in [1.54, 1.807) is 31.2 Å². The maximum absolute atomic E-state index is 12.8. The van der Waals surface area contributed by atoms with Crippen molar-refractivity contribution in [2.75, 3.05) is 49.6 Å². The van der Waals surface area contributed by atoms with Gasteiger partial charge in [0.2, 0.25) is 15.9 Å². The third-order valence-electron chi connectivity index (χ3n) is 4.86. The molecule has 156 valence electrons. The number of morpholine rings is 1. The lowest BCUT2D eigenvalue weighted by molar-refractivity contribution is -0.116. The van der Waals surface area contributed by atoms with Crippen LogP contribution in [0, 0.1) is 6.92 Å². The lowest BCUT2D eigenvalue weighted by atomic mass is 10.2. The second-order valence-electron chi connectivity index (χ2n) is 6.94. The zero-order chi connectivity index (χ0) is 20.9. The van der Waals surface area contributed by atoms with E-state index in [4.69, 9.17) is 4.74 Å². The summed E-state index contributed by atoms with van der Waals surface area (Å²) >= 11 is 0. The highest BCUT2D eigenvalue weighted by Gasteiger charge is 2.25. The average Bonchev–Trinajstić information content (AvgIpc) is 2.73. The van der Waals surface area contributed by atoms with Gasteiger partial charge in [0.1, 0.15) is 0 Å². The molecule has 8 heteroatoms. The molecule has 2 aromatic carbocycles. The third-order valence-corrected chi connectivity index (χ3v) is 6.79. The minimum atomic E-state index is -3.72. The first-order valence-corrected chi connectivity index (χ1v) is 11.1. The summed E-state index contributed by atoms with van der Waals surface area (Å²) in [6.45, 7) is 6.68. The normalized spacial score (nSPS) is 14.8. The van der Waals surface area contributed by atoms with Gasteiger partial charge in [0.05, 0.1) is 24.7 Å². The van der Waals surface area contributed by atoms with Crippen LogP contribution in [0.4, 0.5) is 11.4 Å². The molecule has 1 saturated heterocycles. The van der Waals surface area contributed by atoms with E-state index in [0.29, 0.717) is 18.9 Å². The van der Waals surface area contributed by atoms with Gasteiger partial charge in [-0.15, -0.1) is 0 Å². The molecule has 1 heterocycles.